The molecule has 4 atom stereocenters. The molecule has 1 saturated heterocycles. The van der Waals surface area contributed by atoms with Crippen LogP contribution in [0.4, 0.5) is 4.79 Å². The number of epoxide rings is 1. The number of alkyl carbamates (subject to hydrolysis) is 1. The predicted molar refractivity (Wildman–Crippen MR) is 136 cm³/mol. The van der Waals surface area contributed by atoms with Gasteiger partial charge in [0.1, 0.15) is 11.4 Å². The Morgan fingerprint density at radius 3 is 2.14 bits per heavy atom. The van der Waals surface area contributed by atoms with Gasteiger partial charge in [0.05, 0.1) is 32.9 Å². The Kier molecular flexibility index (Phi) is 9.41. The number of amides is 2. The molecule has 0 radical (unpaired) electrons. The van der Waals surface area contributed by atoms with E-state index in [1.54, 1.807) is 26.2 Å². The fraction of sp³-hybridized carbons (Fsp3) is 0.429. The average molecular weight is 511 g/mol. The number of ketones is 2. The number of nitrogens with one attached hydrogen (secondary N) is 2. The molecule has 1 fully saturated rings. The number of carbonyl (C=O) groups excluding carboxylic acids is 4. The van der Waals surface area contributed by atoms with Crippen molar-refractivity contribution in [3.05, 3.63) is 65.7 Å². The van der Waals surface area contributed by atoms with Crippen molar-refractivity contribution in [1.29, 1.82) is 0 Å². The molecule has 0 bridgehead atoms. The second-order valence-corrected chi connectivity index (χ2v) is 9.41. The van der Waals surface area contributed by atoms with E-state index in [0.29, 0.717) is 18.8 Å². The minimum atomic E-state index is -0.924. The molecule has 1 heterocycles. The molecule has 3 rings (SSSR count). The topological polar surface area (TPSA) is 123 Å². The van der Waals surface area contributed by atoms with Crippen LogP contribution in [0, 0.1) is 5.92 Å². The normalized spacial score (nSPS) is 18.6. The number of ether oxygens (including phenoxy) is 3. The van der Waals surface area contributed by atoms with Crippen LogP contribution in [0.25, 0.3) is 0 Å². The number of Topliss-reactive ketones (excluding diaryl/α,β-unsaturated/α-hetero) is 2. The summed E-state index contributed by atoms with van der Waals surface area (Å²) in [4.78, 5) is 51.3. The molecule has 198 valence electrons. The van der Waals surface area contributed by atoms with E-state index >= 15 is 0 Å². The Labute approximate surface area is 216 Å². The summed E-state index contributed by atoms with van der Waals surface area (Å²) in [5.74, 6) is -1.07. The Morgan fingerprint density at radius 1 is 0.946 bits per heavy atom. The Morgan fingerprint density at radius 2 is 1.57 bits per heavy atom. The molecule has 1 aliphatic heterocycles. The monoisotopic (exact) mass is 510 g/mol. The van der Waals surface area contributed by atoms with Crippen molar-refractivity contribution in [2.24, 2.45) is 5.92 Å². The Bertz CT molecular complexity index is 1100. The lowest BCUT2D eigenvalue weighted by molar-refractivity contribution is -0.134. The first-order valence-electron chi connectivity index (χ1n) is 12.2. The van der Waals surface area contributed by atoms with Gasteiger partial charge in [-0.2, -0.15) is 0 Å². The highest BCUT2D eigenvalue weighted by Crippen LogP contribution is 2.29. The molecular formula is C28H34N2O7. The largest absolute Gasteiger partial charge is 0.497 e. The molecule has 0 aliphatic carbocycles. The first-order chi connectivity index (χ1) is 17.6. The third-order valence-corrected chi connectivity index (χ3v) is 6.48. The molecule has 0 aromatic heterocycles. The lowest BCUT2D eigenvalue weighted by Gasteiger charge is -2.24. The van der Waals surface area contributed by atoms with Crippen LogP contribution in [-0.2, 0) is 36.7 Å². The quantitative estimate of drug-likeness (QED) is 0.397. The highest BCUT2D eigenvalue weighted by Gasteiger charge is 2.50. The second-order valence-electron chi connectivity index (χ2n) is 9.41. The average Bonchev–Trinajstić information content (AvgIpc) is 3.66. The summed E-state index contributed by atoms with van der Waals surface area (Å²) in [6, 6.07) is 14.9. The van der Waals surface area contributed by atoms with E-state index in [1.165, 1.54) is 14.0 Å². The molecule has 0 saturated carbocycles. The molecule has 2 aromatic rings. The standard InChI is InChI=1S/C28H34N2O7/c1-18(29-27(34)36-4)24(31)16-21(14-20-10-12-22(35-3)13-11-20)26(33)30-23(25(32)28(2)17-37-28)15-19-8-6-5-7-9-19/h5-13,18,21,23H,14-17H2,1-4H3,(H,29,34)(H,30,33)/t18-,21+,23-,28+/m0/s1. The van der Waals surface area contributed by atoms with E-state index in [1.807, 2.05) is 42.5 Å². The maximum absolute atomic E-state index is 13.6. The van der Waals surface area contributed by atoms with Gasteiger partial charge < -0.3 is 24.8 Å². The number of benzene rings is 2. The predicted octanol–water partition coefficient (Wildman–Crippen LogP) is 2.64. The summed E-state index contributed by atoms with van der Waals surface area (Å²) < 4.78 is 15.1. The van der Waals surface area contributed by atoms with Crippen LogP contribution in [-0.4, -0.2) is 62.1 Å². The number of hydrogen-bond acceptors (Lipinski definition) is 7. The van der Waals surface area contributed by atoms with Gasteiger partial charge >= 0.3 is 6.09 Å². The van der Waals surface area contributed by atoms with Crippen molar-refractivity contribution >= 4 is 23.6 Å². The van der Waals surface area contributed by atoms with Gasteiger partial charge in [-0.05, 0) is 49.9 Å². The molecular weight excluding hydrogens is 476 g/mol. The van der Waals surface area contributed by atoms with Crippen LogP contribution in [0.1, 0.15) is 31.4 Å². The number of carbonyl (C=O) groups is 4. The first-order valence-corrected chi connectivity index (χ1v) is 12.2. The lowest BCUT2D eigenvalue weighted by Crippen LogP contribution is -2.50. The van der Waals surface area contributed by atoms with Crippen LogP contribution in [0.5, 0.6) is 5.75 Å². The Balaban J connectivity index is 1.80. The van der Waals surface area contributed by atoms with Crippen LogP contribution in [0.2, 0.25) is 0 Å². The Hall–Kier alpha value is -3.72. The van der Waals surface area contributed by atoms with Crippen LogP contribution >= 0.6 is 0 Å². The van der Waals surface area contributed by atoms with Gasteiger partial charge in [-0.15, -0.1) is 0 Å². The third kappa shape index (κ3) is 7.88. The molecule has 0 spiro atoms. The van der Waals surface area contributed by atoms with E-state index < -0.39 is 35.6 Å². The second kappa shape index (κ2) is 12.5. The van der Waals surface area contributed by atoms with Crippen LogP contribution in [0.15, 0.2) is 54.6 Å². The van der Waals surface area contributed by atoms with E-state index in [9.17, 15) is 19.2 Å². The summed E-state index contributed by atoms with van der Waals surface area (Å²) in [6.07, 6.45) is -0.313. The van der Waals surface area contributed by atoms with E-state index in [0.717, 1.165) is 11.1 Å². The minimum absolute atomic E-state index is 0.136. The van der Waals surface area contributed by atoms with Crippen molar-refractivity contribution in [3.63, 3.8) is 0 Å². The summed E-state index contributed by atoms with van der Waals surface area (Å²) >= 11 is 0. The number of rotatable bonds is 13. The van der Waals surface area contributed by atoms with Crippen molar-refractivity contribution in [3.8, 4) is 5.75 Å². The van der Waals surface area contributed by atoms with E-state index in [-0.39, 0.29) is 24.4 Å². The maximum Gasteiger partial charge on any atom is 0.407 e. The SMILES string of the molecule is COC(=O)N[C@@H](C)C(=O)C[C@@H](Cc1ccc(OC)cc1)C(=O)N[C@@H](Cc1ccccc1)C(=O)[C@@]1(C)CO1. The third-order valence-electron chi connectivity index (χ3n) is 6.48. The zero-order valence-electron chi connectivity index (χ0n) is 21.6. The highest BCUT2D eigenvalue weighted by atomic mass is 16.6. The lowest BCUT2D eigenvalue weighted by atomic mass is 9.90. The molecule has 9 nitrogen and oxygen atoms in total. The smallest absolute Gasteiger partial charge is 0.407 e. The van der Waals surface area contributed by atoms with Gasteiger partial charge in [-0.25, -0.2) is 4.79 Å². The van der Waals surface area contributed by atoms with Gasteiger partial charge in [-0.1, -0.05) is 42.5 Å². The molecule has 0 unspecified atom stereocenters. The first kappa shape index (κ1) is 27.9. The molecule has 1 aliphatic rings. The fourth-order valence-corrected chi connectivity index (χ4v) is 4.01. The minimum Gasteiger partial charge on any atom is -0.497 e. The zero-order valence-corrected chi connectivity index (χ0v) is 21.6. The van der Waals surface area contributed by atoms with Crippen LogP contribution < -0.4 is 15.4 Å². The molecule has 2 N–H and O–H groups in total. The molecule has 9 heteroatoms. The summed E-state index contributed by atoms with van der Waals surface area (Å²) in [6.45, 7) is 3.55. The highest BCUT2D eigenvalue weighted by molar-refractivity contribution is 5.98. The summed E-state index contributed by atoms with van der Waals surface area (Å²) in [5, 5.41) is 5.34. The zero-order chi connectivity index (χ0) is 27.0. The van der Waals surface area contributed by atoms with Crippen molar-refractivity contribution in [2.45, 2.75) is 50.8 Å². The molecule has 2 amide bonds. The van der Waals surface area contributed by atoms with Crippen LogP contribution in [0.3, 0.4) is 0 Å². The van der Waals surface area contributed by atoms with Crippen molar-refractivity contribution in [1.82, 2.24) is 10.6 Å². The van der Waals surface area contributed by atoms with Crippen molar-refractivity contribution < 1.29 is 33.4 Å². The number of methoxy groups -OCH3 is 2. The summed E-state index contributed by atoms with van der Waals surface area (Å²) in [5.41, 5.74) is 0.794. The molecule has 37 heavy (non-hydrogen) atoms. The van der Waals surface area contributed by atoms with Gasteiger partial charge in [0.25, 0.3) is 0 Å². The number of hydrogen-bond donors (Lipinski definition) is 2. The van der Waals surface area contributed by atoms with Gasteiger partial charge in [0, 0.05) is 12.3 Å². The van der Waals surface area contributed by atoms with E-state index in [4.69, 9.17) is 9.47 Å². The van der Waals surface area contributed by atoms with Gasteiger partial charge in [-0.3, -0.25) is 14.4 Å². The van der Waals surface area contributed by atoms with Gasteiger partial charge in [0.15, 0.2) is 11.6 Å². The van der Waals surface area contributed by atoms with Gasteiger partial charge in [0.2, 0.25) is 5.91 Å². The fourth-order valence-electron chi connectivity index (χ4n) is 4.01. The van der Waals surface area contributed by atoms with E-state index in [2.05, 4.69) is 15.4 Å². The van der Waals surface area contributed by atoms with Crippen molar-refractivity contribution in [2.75, 3.05) is 20.8 Å². The maximum atomic E-state index is 13.6. The molecule has 2 aromatic carbocycles. The summed E-state index contributed by atoms with van der Waals surface area (Å²) in [7, 11) is 2.77.